The summed E-state index contributed by atoms with van der Waals surface area (Å²) in [4.78, 5) is 11.2. The van der Waals surface area contributed by atoms with E-state index in [1.807, 2.05) is 36.4 Å². The molecule has 0 spiro atoms. The first-order valence-corrected chi connectivity index (χ1v) is 7.73. The van der Waals surface area contributed by atoms with Gasteiger partial charge in [-0.15, -0.1) is 0 Å². The Hall–Kier alpha value is -1.38. The Kier molecular flexibility index (Phi) is 4.01. The highest BCUT2D eigenvalue weighted by atomic mass is 35.5. The van der Waals surface area contributed by atoms with E-state index in [0.717, 1.165) is 17.5 Å². The van der Waals surface area contributed by atoms with Crippen molar-refractivity contribution in [2.75, 3.05) is 0 Å². The summed E-state index contributed by atoms with van der Waals surface area (Å²) >= 11 is 12.2. The molecule has 0 saturated carbocycles. The van der Waals surface area contributed by atoms with Crippen molar-refractivity contribution in [2.45, 2.75) is 25.3 Å². The first-order valence-electron chi connectivity index (χ1n) is 6.98. The maximum Gasteiger partial charge on any atom is 0.120 e. The molecule has 3 atom stereocenters. The molecule has 0 bridgehead atoms. The maximum atomic E-state index is 11.2. The molecule has 1 aliphatic carbocycles. The quantitative estimate of drug-likeness (QED) is 0.627. The van der Waals surface area contributed by atoms with E-state index in [4.69, 9.17) is 23.2 Å². The Balaban J connectivity index is 2.11. The molecule has 0 amide bonds. The Morgan fingerprint density at radius 2 is 1.76 bits per heavy atom. The molecular weight excluding hydrogens is 305 g/mol. The summed E-state index contributed by atoms with van der Waals surface area (Å²) in [5.74, 6) is 0.431. The SMILES string of the molecule is C[C@@H]1C[C@@H](c2ccc(Cl)c(Cl)c2)c2ccccc2C1N=O. The van der Waals surface area contributed by atoms with Gasteiger partial charge in [-0.2, -0.15) is 4.91 Å². The number of hydrogen-bond acceptors (Lipinski definition) is 2. The fourth-order valence-electron chi connectivity index (χ4n) is 3.24. The highest BCUT2D eigenvalue weighted by Crippen LogP contribution is 2.46. The van der Waals surface area contributed by atoms with Crippen molar-refractivity contribution in [3.05, 3.63) is 74.1 Å². The van der Waals surface area contributed by atoms with Gasteiger partial charge in [-0.25, -0.2) is 0 Å². The molecule has 2 aromatic rings. The average Bonchev–Trinajstić information content (AvgIpc) is 2.49. The Bertz CT molecular complexity index is 686. The lowest BCUT2D eigenvalue weighted by Gasteiger charge is -2.33. The maximum absolute atomic E-state index is 11.2. The number of halogens is 2. The third-order valence-corrected chi connectivity index (χ3v) is 5.04. The Morgan fingerprint density at radius 3 is 2.43 bits per heavy atom. The van der Waals surface area contributed by atoms with Crippen molar-refractivity contribution in [1.82, 2.24) is 0 Å². The van der Waals surface area contributed by atoms with Gasteiger partial charge in [0.05, 0.1) is 10.0 Å². The van der Waals surface area contributed by atoms with E-state index in [1.165, 1.54) is 5.56 Å². The third-order valence-electron chi connectivity index (χ3n) is 4.30. The average molecular weight is 320 g/mol. The normalized spacial score (nSPS) is 24.4. The van der Waals surface area contributed by atoms with Crippen LogP contribution >= 0.6 is 23.2 Å². The highest BCUT2D eigenvalue weighted by molar-refractivity contribution is 6.42. The minimum Gasteiger partial charge on any atom is -0.150 e. The molecule has 0 fully saturated rings. The van der Waals surface area contributed by atoms with Crippen LogP contribution in [-0.4, -0.2) is 0 Å². The van der Waals surface area contributed by atoms with Crippen LogP contribution in [0.4, 0.5) is 0 Å². The summed E-state index contributed by atoms with van der Waals surface area (Å²) in [5.41, 5.74) is 3.33. The van der Waals surface area contributed by atoms with Gasteiger partial charge < -0.3 is 0 Å². The zero-order chi connectivity index (χ0) is 15.0. The summed E-state index contributed by atoms with van der Waals surface area (Å²) in [6.45, 7) is 2.08. The molecule has 0 aromatic heterocycles. The molecule has 21 heavy (non-hydrogen) atoms. The summed E-state index contributed by atoms with van der Waals surface area (Å²) < 4.78 is 0. The molecule has 0 radical (unpaired) electrons. The Labute approximate surface area is 134 Å². The molecule has 2 nitrogen and oxygen atoms in total. The Morgan fingerprint density at radius 1 is 1.05 bits per heavy atom. The van der Waals surface area contributed by atoms with Crippen LogP contribution in [0.5, 0.6) is 0 Å². The number of hydrogen-bond donors (Lipinski definition) is 0. The van der Waals surface area contributed by atoms with Gasteiger partial charge in [-0.05, 0) is 41.2 Å². The molecular formula is C17H15Cl2NO. The number of fused-ring (bicyclic) bond motifs is 1. The van der Waals surface area contributed by atoms with Gasteiger partial charge in [0.25, 0.3) is 0 Å². The van der Waals surface area contributed by atoms with Crippen LogP contribution < -0.4 is 0 Å². The van der Waals surface area contributed by atoms with Crippen LogP contribution in [0.2, 0.25) is 10.0 Å². The van der Waals surface area contributed by atoms with Crippen LogP contribution in [-0.2, 0) is 0 Å². The highest BCUT2D eigenvalue weighted by Gasteiger charge is 2.34. The van der Waals surface area contributed by atoms with Crippen molar-refractivity contribution < 1.29 is 0 Å². The molecule has 4 heteroatoms. The number of rotatable bonds is 2. The number of nitrogens with zero attached hydrogens (tertiary/aromatic N) is 1. The predicted octanol–water partition coefficient (Wildman–Crippen LogP) is 5.97. The molecule has 0 saturated heterocycles. The van der Waals surface area contributed by atoms with E-state index >= 15 is 0 Å². The van der Waals surface area contributed by atoms with E-state index < -0.39 is 0 Å². The first kappa shape index (κ1) is 14.6. The smallest absolute Gasteiger partial charge is 0.120 e. The molecule has 108 valence electrons. The number of nitroso groups, excluding NO2 is 1. The van der Waals surface area contributed by atoms with Crippen molar-refractivity contribution in [1.29, 1.82) is 0 Å². The predicted molar refractivity (Wildman–Crippen MR) is 87.1 cm³/mol. The summed E-state index contributed by atoms with van der Waals surface area (Å²) in [6.07, 6.45) is 0.880. The summed E-state index contributed by atoms with van der Waals surface area (Å²) in [5, 5.41) is 4.46. The van der Waals surface area contributed by atoms with E-state index in [0.29, 0.717) is 10.0 Å². The van der Waals surface area contributed by atoms with E-state index in [9.17, 15) is 4.91 Å². The molecule has 0 aliphatic heterocycles. The number of benzene rings is 2. The largest absolute Gasteiger partial charge is 0.150 e. The second-order valence-electron chi connectivity index (χ2n) is 5.62. The van der Waals surface area contributed by atoms with Gasteiger partial charge in [0.1, 0.15) is 6.04 Å². The zero-order valence-corrected chi connectivity index (χ0v) is 13.1. The van der Waals surface area contributed by atoms with Gasteiger partial charge in [-0.3, -0.25) is 0 Å². The van der Waals surface area contributed by atoms with Crippen molar-refractivity contribution >= 4 is 23.2 Å². The van der Waals surface area contributed by atoms with E-state index in [2.05, 4.69) is 18.2 Å². The van der Waals surface area contributed by atoms with Crippen LogP contribution in [0.3, 0.4) is 0 Å². The fraction of sp³-hybridized carbons (Fsp3) is 0.294. The van der Waals surface area contributed by atoms with Crippen LogP contribution in [0, 0.1) is 10.8 Å². The topological polar surface area (TPSA) is 29.4 Å². The second-order valence-corrected chi connectivity index (χ2v) is 6.43. The van der Waals surface area contributed by atoms with Crippen LogP contribution in [0.1, 0.15) is 42.0 Å². The van der Waals surface area contributed by atoms with Gasteiger partial charge in [0, 0.05) is 5.92 Å². The summed E-state index contributed by atoms with van der Waals surface area (Å²) in [6, 6.07) is 13.5. The molecule has 1 aliphatic rings. The monoisotopic (exact) mass is 319 g/mol. The van der Waals surface area contributed by atoms with Crippen LogP contribution in [0.15, 0.2) is 47.6 Å². The minimum absolute atomic E-state index is 0.205. The lowest BCUT2D eigenvalue weighted by Crippen LogP contribution is -2.21. The molecule has 1 unspecified atom stereocenters. The van der Waals surface area contributed by atoms with Crippen molar-refractivity contribution in [3.8, 4) is 0 Å². The van der Waals surface area contributed by atoms with Gasteiger partial charge >= 0.3 is 0 Å². The first-order chi connectivity index (χ1) is 10.1. The minimum atomic E-state index is -0.264. The van der Waals surface area contributed by atoms with Gasteiger partial charge in [0.15, 0.2) is 0 Å². The lowest BCUT2D eigenvalue weighted by molar-refractivity contribution is 0.387. The lowest BCUT2D eigenvalue weighted by atomic mass is 9.72. The van der Waals surface area contributed by atoms with Gasteiger partial charge in [-0.1, -0.05) is 65.6 Å². The molecule has 2 aromatic carbocycles. The van der Waals surface area contributed by atoms with E-state index in [-0.39, 0.29) is 17.9 Å². The van der Waals surface area contributed by atoms with Crippen LogP contribution in [0.25, 0.3) is 0 Å². The van der Waals surface area contributed by atoms with Crippen molar-refractivity contribution in [3.63, 3.8) is 0 Å². The van der Waals surface area contributed by atoms with E-state index in [1.54, 1.807) is 0 Å². The standard InChI is InChI=1S/C17H15Cl2NO/c1-10-8-14(11-6-7-15(18)16(19)9-11)12-4-2-3-5-13(12)17(10)20-21/h2-7,9-10,14,17H,8H2,1H3/t10-,14+,17?/m1/s1. The second kappa shape index (κ2) is 5.78. The third kappa shape index (κ3) is 2.58. The summed E-state index contributed by atoms with van der Waals surface area (Å²) in [7, 11) is 0. The molecule has 0 heterocycles. The van der Waals surface area contributed by atoms with Crippen molar-refractivity contribution in [2.24, 2.45) is 11.1 Å². The van der Waals surface area contributed by atoms with Gasteiger partial charge in [0.2, 0.25) is 0 Å². The molecule has 0 N–H and O–H groups in total. The fourth-order valence-corrected chi connectivity index (χ4v) is 3.54. The molecule has 3 rings (SSSR count). The zero-order valence-electron chi connectivity index (χ0n) is 11.6.